The first-order valence-corrected chi connectivity index (χ1v) is 5.99. The number of nitrogens with zero attached hydrogens (tertiary/aromatic N) is 2. The predicted octanol–water partition coefficient (Wildman–Crippen LogP) is 3.63. The summed E-state index contributed by atoms with van der Waals surface area (Å²) in [5.41, 5.74) is 3.37. The van der Waals surface area contributed by atoms with Crippen LogP contribution in [0.3, 0.4) is 0 Å². The van der Waals surface area contributed by atoms with Crippen LogP contribution in [-0.4, -0.2) is 21.1 Å². The molecule has 0 unspecified atom stereocenters. The van der Waals surface area contributed by atoms with E-state index in [-0.39, 0.29) is 0 Å². The first-order chi connectivity index (χ1) is 8.66. The monoisotopic (exact) mass is 240 g/mol. The van der Waals surface area contributed by atoms with Gasteiger partial charge in [-0.25, -0.2) is 0 Å². The van der Waals surface area contributed by atoms with Crippen LogP contribution < -0.4 is 14.5 Å². The van der Waals surface area contributed by atoms with E-state index in [1.807, 2.05) is 38.4 Å². The molecule has 0 atom stereocenters. The molecule has 2 aromatic rings. The largest absolute Gasteiger partial charge is 0.453 e. The third kappa shape index (κ3) is 1.59. The molecule has 3 rings (SSSR count). The molecule has 92 valence electrons. The van der Waals surface area contributed by atoms with Crippen LogP contribution in [0, 0.1) is 0 Å². The Morgan fingerprint density at radius 3 is 2.44 bits per heavy atom. The second-order valence-corrected chi connectivity index (χ2v) is 4.68. The second kappa shape index (κ2) is 3.95. The van der Waals surface area contributed by atoms with E-state index >= 15 is 0 Å². The lowest BCUT2D eigenvalue weighted by atomic mass is 10.1. The summed E-state index contributed by atoms with van der Waals surface area (Å²) in [5.74, 6) is 1.81. The summed E-state index contributed by atoms with van der Waals surface area (Å²) in [6.45, 7) is 0. The molecule has 0 radical (unpaired) electrons. The maximum atomic E-state index is 5.92. The molecular weight excluding hydrogens is 224 g/mol. The average molecular weight is 240 g/mol. The first-order valence-electron chi connectivity index (χ1n) is 5.99. The minimum Gasteiger partial charge on any atom is -0.453 e. The van der Waals surface area contributed by atoms with Crippen molar-refractivity contribution < 1.29 is 4.74 Å². The summed E-state index contributed by atoms with van der Waals surface area (Å²) in [6.07, 6.45) is 0. The fraction of sp³-hybridized carbons (Fsp3) is 0.200. The van der Waals surface area contributed by atoms with Crippen LogP contribution in [0.1, 0.15) is 0 Å². The Hall–Kier alpha value is -2.16. The van der Waals surface area contributed by atoms with Gasteiger partial charge in [-0.3, -0.25) is 0 Å². The standard InChI is InChI=1S/C15H16N2O/c1-16(2)11-8-9-15-13(10-11)17(3)12-6-4-5-7-14(12)18-15/h4-10H,1-3H3. The Labute approximate surface area is 107 Å². The van der Waals surface area contributed by atoms with Crippen molar-refractivity contribution in [2.75, 3.05) is 30.9 Å². The Bertz CT molecular complexity index is 593. The highest BCUT2D eigenvalue weighted by Crippen LogP contribution is 2.46. The summed E-state index contributed by atoms with van der Waals surface area (Å²) in [6, 6.07) is 14.3. The molecule has 2 aromatic carbocycles. The fourth-order valence-electron chi connectivity index (χ4n) is 2.20. The lowest BCUT2D eigenvalue weighted by molar-refractivity contribution is 0.475. The molecule has 0 aromatic heterocycles. The highest BCUT2D eigenvalue weighted by atomic mass is 16.5. The predicted molar refractivity (Wildman–Crippen MR) is 75.3 cm³/mol. The van der Waals surface area contributed by atoms with Gasteiger partial charge in [-0.05, 0) is 30.3 Å². The molecule has 0 fully saturated rings. The molecular formula is C15H16N2O. The molecule has 3 nitrogen and oxygen atoms in total. The molecule has 0 aliphatic carbocycles. The van der Waals surface area contributed by atoms with Gasteiger partial charge in [-0.15, -0.1) is 0 Å². The maximum Gasteiger partial charge on any atom is 0.151 e. The van der Waals surface area contributed by atoms with Crippen LogP contribution >= 0.6 is 0 Å². The molecule has 0 spiro atoms. The van der Waals surface area contributed by atoms with E-state index in [0.717, 1.165) is 22.9 Å². The van der Waals surface area contributed by atoms with Gasteiger partial charge in [0.1, 0.15) is 0 Å². The van der Waals surface area contributed by atoms with Gasteiger partial charge in [0.05, 0.1) is 11.4 Å². The van der Waals surface area contributed by atoms with Gasteiger partial charge in [0.25, 0.3) is 0 Å². The fourth-order valence-corrected chi connectivity index (χ4v) is 2.20. The molecule has 0 amide bonds. The maximum absolute atomic E-state index is 5.92. The van der Waals surface area contributed by atoms with Crippen molar-refractivity contribution in [2.45, 2.75) is 0 Å². The SMILES string of the molecule is CN(C)c1ccc2c(c1)N(C)c1ccccc1O2. The van der Waals surface area contributed by atoms with Gasteiger partial charge >= 0.3 is 0 Å². The van der Waals surface area contributed by atoms with Crippen molar-refractivity contribution in [2.24, 2.45) is 0 Å². The Morgan fingerprint density at radius 1 is 0.944 bits per heavy atom. The number of fused-ring (bicyclic) bond motifs is 2. The van der Waals surface area contributed by atoms with Crippen molar-refractivity contribution in [1.29, 1.82) is 0 Å². The molecule has 0 N–H and O–H groups in total. The molecule has 0 saturated carbocycles. The number of para-hydroxylation sites is 2. The third-order valence-corrected chi connectivity index (χ3v) is 3.27. The molecule has 0 saturated heterocycles. The highest BCUT2D eigenvalue weighted by Gasteiger charge is 2.21. The van der Waals surface area contributed by atoms with Crippen molar-refractivity contribution >= 4 is 17.1 Å². The molecule has 0 bridgehead atoms. The van der Waals surface area contributed by atoms with Crippen molar-refractivity contribution in [1.82, 2.24) is 0 Å². The topological polar surface area (TPSA) is 15.7 Å². The van der Waals surface area contributed by atoms with Crippen molar-refractivity contribution in [3.05, 3.63) is 42.5 Å². The number of hydrogen-bond acceptors (Lipinski definition) is 3. The minimum absolute atomic E-state index is 0.904. The van der Waals surface area contributed by atoms with Crippen LogP contribution in [-0.2, 0) is 0 Å². The van der Waals surface area contributed by atoms with Gasteiger partial charge in [0.15, 0.2) is 11.5 Å². The van der Waals surface area contributed by atoms with E-state index in [9.17, 15) is 0 Å². The van der Waals surface area contributed by atoms with E-state index in [0.29, 0.717) is 0 Å². The zero-order valence-corrected chi connectivity index (χ0v) is 10.8. The van der Waals surface area contributed by atoms with Crippen molar-refractivity contribution in [3.8, 4) is 11.5 Å². The lowest BCUT2D eigenvalue weighted by Gasteiger charge is -2.30. The number of hydrogen-bond donors (Lipinski definition) is 0. The first kappa shape index (κ1) is 11.0. The Morgan fingerprint density at radius 2 is 1.67 bits per heavy atom. The minimum atomic E-state index is 0.904. The Kier molecular flexibility index (Phi) is 2.40. The van der Waals surface area contributed by atoms with Gasteiger partial charge in [-0.2, -0.15) is 0 Å². The van der Waals surface area contributed by atoms with Crippen LogP contribution in [0.2, 0.25) is 0 Å². The smallest absolute Gasteiger partial charge is 0.151 e. The summed E-state index contributed by atoms with van der Waals surface area (Å²) >= 11 is 0. The van der Waals surface area contributed by atoms with E-state index < -0.39 is 0 Å². The molecule has 3 heteroatoms. The second-order valence-electron chi connectivity index (χ2n) is 4.68. The third-order valence-electron chi connectivity index (χ3n) is 3.27. The zero-order valence-electron chi connectivity index (χ0n) is 10.8. The average Bonchev–Trinajstić information content (AvgIpc) is 2.38. The number of anilines is 3. The van der Waals surface area contributed by atoms with Crippen LogP contribution in [0.15, 0.2) is 42.5 Å². The summed E-state index contributed by atoms with van der Waals surface area (Å²) < 4.78 is 5.92. The Balaban J connectivity index is 2.11. The summed E-state index contributed by atoms with van der Waals surface area (Å²) in [4.78, 5) is 4.26. The van der Waals surface area contributed by atoms with Crippen LogP contribution in [0.25, 0.3) is 0 Å². The summed E-state index contributed by atoms with van der Waals surface area (Å²) in [7, 11) is 6.15. The molecule has 1 aliphatic rings. The summed E-state index contributed by atoms with van der Waals surface area (Å²) in [5, 5.41) is 0. The number of ether oxygens (including phenoxy) is 1. The quantitative estimate of drug-likeness (QED) is 0.757. The highest BCUT2D eigenvalue weighted by molar-refractivity contribution is 5.79. The zero-order chi connectivity index (χ0) is 12.7. The van der Waals surface area contributed by atoms with Gasteiger partial charge in [0.2, 0.25) is 0 Å². The normalized spacial score (nSPS) is 12.5. The lowest BCUT2D eigenvalue weighted by Crippen LogP contribution is -2.17. The van der Waals surface area contributed by atoms with E-state index in [1.54, 1.807) is 0 Å². The van der Waals surface area contributed by atoms with E-state index in [2.05, 4.69) is 35.0 Å². The van der Waals surface area contributed by atoms with Crippen molar-refractivity contribution in [3.63, 3.8) is 0 Å². The molecule has 1 aliphatic heterocycles. The molecule has 18 heavy (non-hydrogen) atoms. The van der Waals surface area contributed by atoms with Gasteiger partial charge in [-0.1, -0.05) is 12.1 Å². The van der Waals surface area contributed by atoms with E-state index in [4.69, 9.17) is 4.74 Å². The van der Waals surface area contributed by atoms with E-state index in [1.165, 1.54) is 5.69 Å². The van der Waals surface area contributed by atoms with Crippen LogP contribution in [0.4, 0.5) is 17.1 Å². The van der Waals surface area contributed by atoms with Crippen LogP contribution in [0.5, 0.6) is 11.5 Å². The molecule has 1 heterocycles. The number of rotatable bonds is 1. The number of benzene rings is 2. The van der Waals surface area contributed by atoms with Gasteiger partial charge < -0.3 is 14.5 Å². The van der Waals surface area contributed by atoms with Gasteiger partial charge in [0, 0.05) is 26.8 Å².